The Morgan fingerprint density at radius 2 is 1.92 bits per heavy atom. The molecule has 0 nitrogen and oxygen atoms in total. The van der Waals surface area contributed by atoms with Gasteiger partial charge in [-0.05, 0) is 34.9 Å². The molecule has 0 amide bonds. The van der Waals surface area contributed by atoms with Gasteiger partial charge in [0, 0.05) is 5.02 Å². The van der Waals surface area contributed by atoms with Gasteiger partial charge in [0.2, 0.25) is 0 Å². The van der Waals surface area contributed by atoms with Gasteiger partial charge >= 0.3 is 0 Å². The minimum atomic E-state index is 0.463. The number of benzene rings is 1. The minimum Gasteiger partial charge on any atom is -0.0843 e. The lowest BCUT2D eigenvalue weighted by molar-refractivity contribution is 0.575. The van der Waals surface area contributed by atoms with Crippen LogP contribution in [0.4, 0.5) is 0 Å². The van der Waals surface area contributed by atoms with E-state index in [2.05, 4.69) is 32.9 Å². The molecule has 1 heteroatoms. The molecule has 0 radical (unpaired) electrons. The third kappa shape index (κ3) is 1.38. The van der Waals surface area contributed by atoms with Gasteiger partial charge in [-0.25, -0.2) is 0 Å². The molecule has 1 saturated carbocycles. The first kappa shape index (κ1) is 9.08. The molecule has 1 aromatic carbocycles. The highest BCUT2D eigenvalue weighted by Crippen LogP contribution is 2.64. The maximum absolute atomic E-state index is 5.96. The van der Waals surface area contributed by atoms with Crippen LogP contribution in [0.25, 0.3) is 0 Å². The Bertz CT molecular complexity index is 328. The molecule has 0 bridgehead atoms. The topological polar surface area (TPSA) is 0 Å². The van der Waals surface area contributed by atoms with Crippen molar-refractivity contribution in [3.63, 3.8) is 0 Å². The number of rotatable bonds is 1. The van der Waals surface area contributed by atoms with Crippen molar-refractivity contribution in [2.75, 3.05) is 0 Å². The predicted molar refractivity (Wildman–Crippen MR) is 57.1 cm³/mol. The molecule has 13 heavy (non-hydrogen) atoms. The summed E-state index contributed by atoms with van der Waals surface area (Å²) in [6, 6.07) is 8.25. The van der Waals surface area contributed by atoms with E-state index >= 15 is 0 Å². The summed E-state index contributed by atoms with van der Waals surface area (Å²) >= 11 is 5.96. The maximum Gasteiger partial charge on any atom is 0.0408 e. The van der Waals surface area contributed by atoms with Crippen molar-refractivity contribution in [3.8, 4) is 0 Å². The zero-order valence-corrected chi connectivity index (χ0v) is 9.10. The first-order valence-corrected chi connectivity index (χ1v) is 5.17. The van der Waals surface area contributed by atoms with E-state index in [0.29, 0.717) is 11.3 Å². The van der Waals surface area contributed by atoms with Gasteiger partial charge in [-0.3, -0.25) is 0 Å². The van der Waals surface area contributed by atoms with E-state index in [9.17, 15) is 0 Å². The molecule has 0 N–H and O–H groups in total. The van der Waals surface area contributed by atoms with Crippen molar-refractivity contribution in [2.24, 2.45) is 11.3 Å². The van der Waals surface area contributed by atoms with Crippen molar-refractivity contribution >= 4 is 11.6 Å². The zero-order valence-electron chi connectivity index (χ0n) is 8.34. The molecule has 0 spiro atoms. The van der Waals surface area contributed by atoms with Crippen LogP contribution in [0.1, 0.15) is 32.3 Å². The van der Waals surface area contributed by atoms with Gasteiger partial charge in [-0.1, -0.05) is 44.5 Å². The summed E-state index contributed by atoms with van der Waals surface area (Å²) in [4.78, 5) is 0. The SMILES string of the molecule is C[C@@H]1[C@@H](c2cccc(Cl)c2)C1(C)C. The molecule has 0 aliphatic heterocycles. The van der Waals surface area contributed by atoms with Crippen molar-refractivity contribution in [2.45, 2.75) is 26.7 Å². The van der Waals surface area contributed by atoms with Crippen molar-refractivity contribution in [1.29, 1.82) is 0 Å². The lowest BCUT2D eigenvalue weighted by atomic mass is 10.0. The van der Waals surface area contributed by atoms with Gasteiger partial charge in [0.05, 0.1) is 0 Å². The van der Waals surface area contributed by atoms with Crippen LogP contribution in [0.3, 0.4) is 0 Å². The van der Waals surface area contributed by atoms with Gasteiger partial charge in [0.25, 0.3) is 0 Å². The Labute approximate surface area is 84.9 Å². The Morgan fingerprint density at radius 3 is 2.38 bits per heavy atom. The first-order valence-electron chi connectivity index (χ1n) is 4.79. The molecule has 1 fully saturated rings. The second kappa shape index (κ2) is 2.75. The van der Waals surface area contributed by atoms with E-state index in [1.807, 2.05) is 12.1 Å². The second-order valence-corrected chi connectivity index (χ2v) is 5.08. The summed E-state index contributed by atoms with van der Waals surface area (Å²) in [6.45, 7) is 6.96. The molecule has 1 aliphatic carbocycles. The number of halogens is 1. The molecular weight excluding hydrogens is 180 g/mol. The molecule has 0 unspecified atom stereocenters. The van der Waals surface area contributed by atoms with Crippen LogP contribution in [0, 0.1) is 11.3 Å². The molecule has 2 atom stereocenters. The average Bonchev–Trinajstić information content (AvgIpc) is 2.51. The Hall–Kier alpha value is -0.490. The summed E-state index contributed by atoms with van der Waals surface area (Å²) < 4.78 is 0. The molecule has 0 saturated heterocycles. The Morgan fingerprint density at radius 1 is 1.31 bits per heavy atom. The smallest absolute Gasteiger partial charge is 0.0408 e. The van der Waals surface area contributed by atoms with Crippen LogP contribution in [-0.4, -0.2) is 0 Å². The fourth-order valence-electron chi connectivity index (χ4n) is 2.31. The van der Waals surface area contributed by atoms with E-state index in [1.165, 1.54) is 5.56 Å². The Balaban J connectivity index is 2.29. The summed E-state index contributed by atoms with van der Waals surface area (Å²) in [7, 11) is 0. The van der Waals surface area contributed by atoms with Crippen LogP contribution >= 0.6 is 11.6 Å². The van der Waals surface area contributed by atoms with E-state index < -0.39 is 0 Å². The molecular formula is C12H15Cl. The third-order valence-electron chi connectivity index (χ3n) is 3.57. The standard InChI is InChI=1S/C12H15Cl/c1-8-11(12(8,2)3)9-5-4-6-10(13)7-9/h4-8,11H,1-3H3/t8-,11+/m1/s1. The van der Waals surface area contributed by atoms with Gasteiger partial charge in [-0.2, -0.15) is 0 Å². The van der Waals surface area contributed by atoms with Gasteiger partial charge in [0.1, 0.15) is 0 Å². The average molecular weight is 195 g/mol. The number of hydrogen-bond donors (Lipinski definition) is 0. The largest absolute Gasteiger partial charge is 0.0843 e. The summed E-state index contributed by atoms with van der Waals surface area (Å²) in [5.41, 5.74) is 1.86. The first-order chi connectivity index (χ1) is 6.03. The summed E-state index contributed by atoms with van der Waals surface area (Å²) in [5.74, 6) is 1.48. The second-order valence-electron chi connectivity index (χ2n) is 4.64. The van der Waals surface area contributed by atoms with Crippen molar-refractivity contribution in [3.05, 3.63) is 34.9 Å². The minimum absolute atomic E-state index is 0.463. The molecule has 0 aromatic heterocycles. The summed E-state index contributed by atoms with van der Waals surface area (Å²) in [6.07, 6.45) is 0. The van der Waals surface area contributed by atoms with Gasteiger partial charge in [0.15, 0.2) is 0 Å². The van der Waals surface area contributed by atoms with Crippen LogP contribution < -0.4 is 0 Å². The zero-order chi connectivity index (χ0) is 9.64. The van der Waals surface area contributed by atoms with Crippen molar-refractivity contribution in [1.82, 2.24) is 0 Å². The number of hydrogen-bond acceptors (Lipinski definition) is 0. The van der Waals surface area contributed by atoms with Crippen LogP contribution in [0.15, 0.2) is 24.3 Å². The maximum atomic E-state index is 5.96. The molecule has 0 heterocycles. The highest BCUT2D eigenvalue weighted by molar-refractivity contribution is 6.30. The van der Waals surface area contributed by atoms with E-state index in [-0.39, 0.29) is 0 Å². The summed E-state index contributed by atoms with van der Waals surface area (Å²) in [5, 5.41) is 0.854. The van der Waals surface area contributed by atoms with Crippen LogP contribution in [0.5, 0.6) is 0 Å². The van der Waals surface area contributed by atoms with Gasteiger partial charge < -0.3 is 0 Å². The molecule has 1 aromatic rings. The molecule has 2 rings (SSSR count). The Kier molecular flexibility index (Phi) is 1.92. The lowest BCUT2D eigenvalue weighted by Gasteiger charge is -2.03. The van der Waals surface area contributed by atoms with Crippen molar-refractivity contribution < 1.29 is 0 Å². The van der Waals surface area contributed by atoms with Gasteiger partial charge in [-0.15, -0.1) is 0 Å². The lowest BCUT2D eigenvalue weighted by Crippen LogP contribution is -1.89. The predicted octanol–water partition coefficient (Wildman–Crippen LogP) is 4.10. The fourth-order valence-corrected chi connectivity index (χ4v) is 2.51. The fraction of sp³-hybridized carbons (Fsp3) is 0.500. The highest BCUT2D eigenvalue weighted by Gasteiger charge is 2.54. The van der Waals surface area contributed by atoms with E-state index in [4.69, 9.17) is 11.6 Å². The molecule has 70 valence electrons. The monoisotopic (exact) mass is 194 g/mol. The van der Waals surface area contributed by atoms with Crippen LogP contribution in [0.2, 0.25) is 5.02 Å². The quantitative estimate of drug-likeness (QED) is 0.632. The van der Waals surface area contributed by atoms with Crippen LogP contribution in [-0.2, 0) is 0 Å². The molecule has 1 aliphatic rings. The van der Waals surface area contributed by atoms with E-state index in [0.717, 1.165) is 10.9 Å². The highest BCUT2D eigenvalue weighted by atomic mass is 35.5. The van der Waals surface area contributed by atoms with E-state index in [1.54, 1.807) is 0 Å². The third-order valence-corrected chi connectivity index (χ3v) is 3.81. The normalized spacial score (nSPS) is 30.2.